The van der Waals surface area contributed by atoms with E-state index >= 15 is 0 Å². The Labute approximate surface area is 153 Å². The molecule has 7 heteroatoms. The Morgan fingerprint density at radius 2 is 2.08 bits per heavy atom. The molecule has 0 unspecified atom stereocenters. The van der Waals surface area contributed by atoms with Gasteiger partial charge in [0, 0.05) is 11.6 Å². The third kappa shape index (κ3) is 3.25. The summed E-state index contributed by atoms with van der Waals surface area (Å²) in [7, 11) is 0. The molecule has 0 aliphatic heterocycles. The Hall–Kier alpha value is -2.93. The summed E-state index contributed by atoms with van der Waals surface area (Å²) < 4.78 is 12.8. The van der Waals surface area contributed by atoms with E-state index in [1.165, 1.54) is 15.9 Å². The van der Waals surface area contributed by atoms with Gasteiger partial charge in [0.05, 0.1) is 12.9 Å². The highest BCUT2D eigenvalue weighted by Gasteiger charge is 2.12. The first kappa shape index (κ1) is 16.5. The van der Waals surface area contributed by atoms with Gasteiger partial charge in [-0.15, -0.1) is 5.10 Å². The lowest BCUT2D eigenvalue weighted by molar-refractivity contribution is 0.271. The van der Waals surface area contributed by atoms with Crippen LogP contribution in [0.1, 0.15) is 19.6 Å². The van der Waals surface area contributed by atoms with Crippen LogP contribution in [0.4, 0.5) is 0 Å². The van der Waals surface area contributed by atoms with E-state index in [0.717, 1.165) is 11.3 Å². The van der Waals surface area contributed by atoms with Crippen LogP contribution in [0.3, 0.4) is 0 Å². The summed E-state index contributed by atoms with van der Waals surface area (Å²) in [5.74, 6) is 2.43. The van der Waals surface area contributed by atoms with Crippen LogP contribution in [-0.2, 0) is 0 Å². The topological polar surface area (TPSA) is 69.6 Å². The fraction of sp³-hybridized carbons (Fsp3) is 0.211. The summed E-state index contributed by atoms with van der Waals surface area (Å²) in [4.78, 5) is 17.5. The summed E-state index contributed by atoms with van der Waals surface area (Å²) in [6.45, 7) is 4.88. The van der Waals surface area contributed by atoms with E-state index in [1.54, 1.807) is 24.5 Å². The number of benzene rings is 1. The molecule has 0 aliphatic carbocycles. The van der Waals surface area contributed by atoms with Crippen molar-refractivity contribution in [3.63, 3.8) is 0 Å². The minimum absolute atomic E-state index is 0.197. The van der Waals surface area contributed by atoms with Gasteiger partial charge in [0.15, 0.2) is 5.82 Å². The van der Waals surface area contributed by atoms with Crippen molar-refractivity contribution in [2.45, 2.75) is 13.8 Å². The van der Waals surface area contributed by atoms with E-state index in [4.69, 9.17) is 9.15 Å². The summed E-state index contributed by atoms with van der Waals surface area (Å²) in [6, 6.07) is 11.1. The molecule has 0 atom stereocenters. The lowest BCUT2D eigenvalue weighted by atomic mass is 10.2. The van der Waals surface area contributed by atoms with Gasteiger partial charge in [-0.2, -0.15) is 9.50 Å². The molecule has 0 saturated carbocycles. The van der Waals surface area contributed by atoms with Crippen LogP contribution in [0.5, 0.6) is 5.75 Å². The van der Waals surface area contributed by atoms with Crippen molar-refractivity contribution >= 4 is 22.4 Å². The normalized spacial score (nSPS) is 12.3. The molecule has 0 amide bonds. The number of hydrogen-bond donors (Lipinski definition) is 0. The average molecular weight is 367 g/mol. The SMILES string of the molecule is CC(C)COc1ccc(-c2nc3sc(=Cc4ccco4)c(=O)n3n2)cc1. The van der Waals surface area contributed by atoms with Crippen LogP contribution in [0.2, 0.25) is 0 Å². The molecule has 0 spiro atoms. The maximum Gasteiger partial charge on any atom is 0.291 e. The van der Waals surface area contributed by atoms with Crippen molar-refractivity contribution in [3.8, 4) is 17.1 Å². The molecular weight excluding hydrogens is 350 g/mol. The van der Waals surface area contributed by atoms with Crippen LogP contribution in [-0.4, -0.2) is 21.2 Å². The predicted molar refractivity (Wildman–Crippen MR) is 100 cm³/mol. The molecule has 0 aliphatic rings. The highest BCUT2D eigenvalue weighted by atomic mass is 32.1. The van der Waals surface area contributed by atoms with Crippen molar-refractivity contribution in [1.29, 1.82) is 0 Å². The lowest BCUT2D eigenvalue weighted by Gasteiger charge is -2.08. The monoisotopic (exact) mass is 367 g/mol. The summed E-state index contributed by atoms with van der Waals surface area (Å²) in [5, 5.41) is 4.35. The van der Waals surface area contributed by atoms with E-state index in [1.807, 2.05) is 24.3 Å². The van der Waals surface area contributed by atoms with Crippen LogP contribution < -0.4 is 14.8 Å². The highest BCUT2D eigenvalue weighted by Crippen LogP contribution is 2.20. The summed E-state index contributed by atoms with van der Waals surface area (Å²) in [5.41, 5.74) is 0.644. The molecule has 3 heterocycles. The molecular formula is C19H17N3O3S. The van der Waals surface area contributed by atoms with Crippen molar-refractivity contribution in [2.75, 3.05) is 6.61 Å². The van der Waals surface area contributed by atoms with Gasteiger partial charge >= 0.3 is 0 Å². The minimum Gasteiger partial charge on any atom is -0.493 e. The van der Waals surface area contributed by atoms with Crippen molar-refractivity contribution in [2.24, 2.45) is 5.92 Å². The molecule has 6 nitrogen and oxygen atoms in total. The fourth-order valence-electron chi connectivity index (χ4n) is 2.42. The quantitative estimate of drug-likeness (QED) is 0.542. The number of nitrogens with zero attached hydrogens (tertiary/aromatic N) is 3. The van der Waals surface area contributed by atoms with E-state index in [0.29, 0.717) is 33.6 Å². The number of ether oxygens (including phenoxy) is 1. The molecule has 0 bridgehead atoms. The van der Waals surface area contributed by atoms with Gasteiger partial charge in [-0.1, -0.05) is 25.2 Å². The number of thiazole rings is 1. The lowest BCUT2D eigenvalue weighted by Crippen LogP contribution is -2.23. The van der Waals surface area contributed by atoms with E-state index < -0.39 is 0 Å². The zero-order chi connectivity index (χ0) is 18.1. The largest absolute Gasteiger partial charge is 0.493 e. The molecule has 4 rings (SSSR count). The summed E-state index contributed by atoms with van der Waals surface area (Å²) >= 11 is 1.29. The van der Waals surface area contributed by atoms with Crippen LogP contribution in [0.15, 0.2) is 51.9 Å². The number of hydrogen-bond acceptors (Lipinski definition) is 6. The number of furan rings is 1. The van der Waals surface area contributed by atoms with Gasteiger partial charge in [-0.05, 0) is 42.3 Å². The van der Waals surface area contributed by atoms with Crippen molar-refractivity contribution in [1.82, 2.24) is 14.6 Å². The van der Waals surface area contributed by atoms with Gasteiger partial charge in [0.1, 0.15) is 16.0 Å². The molecule has 3 aromatic heterocycles. The summed E-state index contributed by atoms with van der Waals surface area (Å²) in [6.07, 6.45) is 3.27. The number of fused-ring (bicyclic) bond motifs is 1. The second-order valence-corrected chi connectivity index (χ2v) is 7.30. The average Bonchev–Trinajstić information content (AvgIpc) is 3.34. The second-order valence-electron chi connectivity index (χ2n) is 6.29. The highest BCUT2D eigenvalue weighted by molar-refractivity contribution is 7.15. The predicted octanol–water partition coefficient (Wildman–Crippen LogP) is 2.99. The smallest absolute Gasteiger partial charge is 0.291 e. The molecule has 1 aromatic carbocycles. The van der Waals surface area contributed by atoms with Crippen LogP contribution >= 0.6 is 11.3 Å². The van der Waals surface area contributed by atoms with Gasteiger partial charge < -0.3 is 9.15 Å². The Kier molecular flexibility index (Phi) is 4.30. The molecule has 0 N–H and O–H groups in total. The zero-order valence-corrected chi connectivity index (χ0v) is 15.2. The Bertz CT molecular complexity index is 1130. The standard InChI is InChI=1S/C19H17N3O3S/c1-12(2)11-25-14-7-5-13(6-8-14)17-20-19-22(21-17)18(23)16(26-19)10-15-4-3-9-24-15/h3-10,12H,11H2,1-2H3. The van der Waals surface area contributed by atoms with Gasteiger partial charge in [-0.3, -0.25) is 4.79 Å². The third-order valence-corrected chi connectivity index (χ3v) is 4.65. The van der Waals surface area contributed by atoms with Crippen molar-refractivity contribution < 1.29 is 9.15 Å². The number of rotatable bonds is 5. The molecule has 132 valence electrons. The van der Waals surface area contributed by atoms with Gasteiger partial charge in [-0.25, -0.2) is 0 Å². The zero-order valence-electron chi connectivity index (χ0n) is 14.4. The van der Waals surface area contributed by atoms with Crippen LogP contribution in [0, 0.1) is 5.92 Å². The molecule has 0 radical (unpaired) electrons. The Morgan fingerprint density at radius 1 is 1.27 bits per heavy atom. The van der Waals surface area contributed by atoms with Gasteiger partial charge in [0.2, 0.25) is 4.96 Å². The first-order valence-corrected chi connectivity index (χ1v) is 9.10. The second kappa shape index (κ2) is 6.76. The molecule has 0 fully saturated rings. The first-order valence-electron chi connectivity index (χ1n) is 8.28. The maximum absolute atomic E-state index is 12.5. The van der Waals surface area contributed by atoms with Crippen LogP contribution in [0.25, 0.3) is 22.4 Å². The minimum atomic E-state index is -0.197. The number of aromatic nitrogens is 3. The van der Waals surface area contributed by atoms with E-state index in [2.05, 4.69) is 23.9 Å². The first-order chi connectivity index (χ1) is 12.6. The molecule has 26 heavy (non-hydrogen) atoms. The fourth-order valence-corrected chi connectivity index (χ4v) is 3.31. The third-order valence-electron chi connectivity index (χ3n) is 3.69. The Morgan fingerprint density at radius 3 is 2.73 bits per heavy atom. The van der Waals surface area contributed by atoms with E-state index in [-0.39, 0.29) is 5.56 Å². The van der Waals surface area contributed by atoms with Crippen molar-refractivity contribution in [3.05, 3.63) is 63.3 Å². The van der Waals surface area contributed by atoms with Gasteiger partial charge in [0.25, 0.3) is 5.56 Å². The Balaban J connectivity index is 1.63. The van der Waals surface area contributed by atoms with E-state index in [9.17, 15) is 4.79 Å². The molecule has 4 aromatic rings. The maximum atomic E-state index is 12.5. The molecule has 0 saturated heterocycles.